The molecule has 3 N–H and O–H groups in total. The number of nitrogens with one attached hydrogen (secondary N) is 1. The van der Waals surface area contributed by atoms with Crippen LogP contribution >= 0.6 is 0 Å². The lowest BCUT2D eigenvalue weighted by Crippen LogP contribution is -2.43. The smallest absolute Gasteiger partial charge is 0.236 e. The Hall–Kier alpha value is -0.610. The van der Waals surface area contributed by atoms with Crippen LogP contribution in [0.4, 0.5) is 0 Å². The molecule has 0 spiro atoms. The van der Waals surface area contributed by atoms with Crippen LogP contribution in [0.25, 0.3) is 0 Å². The lowest BCUT2D eigenvalue weighted by molar-refractivity contribution is -0.122. The van der Waals surface area contributed by atoms with E-state index in [4.69, 9.17) is 10.5 Å². The highest BCUT2D eigenvalue weighted by atomic mass is 16.5. The number of nitrogens with two attached hydrogens (primary N) is 1. The van der Waals surface area contributed by atoms with Gasteiger partial charge in [-0.1, -0.05) is 0 Å². The van der Waals surface area contributed by atoms with Crippen LogP contribution in [0.5, 0.6) is 0 Å². The van der Waals surface area contributed by atoms with E-state index in [2.05, 4.69) is 5.32 Å². The summed E-state index contributed by atoms with van der Waals surface area (Å²) in [5.74, 6) is -0.0875. The summed E-state index contributed by atoms with van der Waals surface area (Å²) in [6.07, 6.45) is 3.45. The van der Waals surface area contributed by atoms with E-state index in [1.165, 1.54) is 0 Å². The highest BCUT2D eigenvalue weighted by Gasteiger charge is 2.19. The molecule has 2 unspecified atom stereocenters. The molecular formula is C10H20N2O2. The molecule has 0 aliphatic carbocycles. The first-order chi connectivity index (χ1) is 6.59. The van der Waals surface area contributed by atoms with Crippen molar-refractivity contribution >= 4 is 5.91 Å². The Morgan fingerprint density at radius 1 is 1.64 bits per heavy atom. The minimum atomic E-state index is -0.429. The maximum absolute atomic E-state index is 11.3. The lowest BCUT2D eigenvalue weighted by atomic mass is 10.1. The lowest BCUT2D eigenvalue weighted by Gasteiger charge is -2.18. The SMILES string of the molecule is CC(CC1CCCO1)NC(=O)[C@H](C)N. The summed E-state index contributed by atoms with van der Waals surface area (Å²) in [7, 11) is 0. The molecule has 1 rings (SSSR count). The molecule has 4 nitrogen and oxygen atoms in total. The average molecular weight is 200 g/mol. The summed E-state index contributed by atoms with van der Waals surface area (Å²) in [5.41, 5.74) is 5.45. The Kier molecular flexibility index (Phi) is 4.35. The molecule has 1 fully saturated rings. The molecule has 4 heteroatoms. The van der Waals surface area contributed by atoms with Crippen molar-refractivity contribution in [3.8, 4) is 0 Å². The van der Waals surface area contributed by atoms with Crippen LogP contribution in [-0.2, 0) is 9.53 Å². The number of ether oxygens (including phenoxy) is 1. The van der Waals surface area contributed by atoms with Gasteiger partial charge in [0.25, 0.3) is 0 Å². The van der Waals surface area contributed by atoms with Gasteiger partial charge in [-0.05, 0) is 33.1 Å². The summed E-state index contributed by atoms with van der Waals surface area (Å²) in [6, 6.07) is -0.279. The Bertz CT molecular complexity index is 189. The van der Waals surface area contributed by atoms with E-state index in [1.807, 2.05) is 6.92 Å². The second-order valence-electron chi connectivity index (χ2n) is 4.07. The molecule has 1 aliphatic rings. The van der Waals surface area contributed by atoms with Gasteiger partial charge in [0.15, 0.2) is 0 Å². The zero-order valence-electron chi connectivity index (χ0n) is 8.95. The Labute approximate surface area is 85.2 Å². The van der Waals surface area contributed by atoms with Gasteiger partial charge >= 0.3 is 0 Å². The summed E-state index contributed by atoms with van der Waals surface area (Å²) >= 11 is 0. The predicted molar refractivity (Wildman–Crippen MR) is 54.8 cm³/mol. The standard InChI is InChI=1S/C10H20N2O2/c1-7(12-10(13)8(2)11)6-9-4-3-5-14-9/h7-9H,3-6,11H2,1-2H3,(H,12,13)/t7?,8-,9?/m0/s1. The third-order valence-electron chi connectivity index (χ3n) is 2.44. The molecule has 3 atom stereocenters. The molecule has 1 saturated heterocycles. The highest BCUT2D eigenvalue weighted by Crippen LogP contribution is 2.16. The van der Waals surface area contributed by atoms with Crippen molar-refractivity contribution in [2.75, 3.05) is 6.61 Å². The third-order valence-corrected chi connectivity index (χ3v) is 2.44. The topological polar surface area (TPSA) is 64.3 Å². The highest BCUT2D eigenvalue weighted by molar-refractivity contribution is 5.81. The molecule has 1 aliphatic heterocycles. The number of carbonyl (C=O) groups excluding carboxylic acids is 1. The van der Waals surface area contributed by atoms with Crippen LogP contribution in [0.2, 0.25) is 0 Å². The van der Waals surface area contributed by atoms with E-state index in [-0.39, 0.29) is 11.9 Å². The molecule has 1 heterocycles. The Morgan fingerprint density at radius 3 is 2.86 bits per heavy atom. The molecule has 0 radical (unpaired) electrons. The molecule has 82 valence electrons. The first kappa shape index (κ1) is 11.5. The van der Waals surface area contributed by atoms with E-state index in [1.54, 1.807) is 6.92 Å². The van der Waals surface area contributed by atoms with Crippen molar-refractivity contribution in [2.45, 2.75) is 51.3 Å². The average Bonchev–Trinajstić information content (AvgIpc) is 2.56. The number of hydrogen-bond acceptors (Lipinski definition) is 3. The minimum absolute atomic E-state index is 0.0875. The van der Waals surface area contributed by atoms with Gasteiger partial charge in [0, 0.05) is 12.6 Å². The van der Waals surface area contributed by atoms with E-state index < -0.39 is 6.04 Å². The number of carbonyl (C=O) groups is 1. The van der Waals surface area contributed by atoms with Gasteiger partial charge < -0.3 is 15.8 Å². The van der Waals surface area contributed by atoms with Gasteiger partial charge in [0.2, 0.25) is 5.91 Å². The van der Waals surface area contributed by atoms with Crippen molar-refractivity contribution in [3.63, 3.8) is 0 Å². The zero-order valence-corrected chi connectivity index (χ0v) is 8.95. The van der Waals surface area contributed by atoms with Crippen molar-refractivity contribution in [3.05, 3.63) is 0 Å². The second-order valence-corrected chi connectivity index (χ2v) is 4.07. The largest absolute Gasteiger partial charge is 0.378 e. The van der Waals surface area contributed by atoms with E-state index in [9.17, 15) is 4.79 Å². The van der Waals surface area contributed by atoms with E-state index >= 15 is 0 Å². The second kappa shape index (κ2) is 5.32. The first-order valence-electron chi connectivity index (χ1n) is 5.27. The van der Waals surface area contributed by atoms with Crippen molar-refractivity contribution in [1.82, 2.24) is 5.32 Å². The molecule has 0 aromatic rings. The van der Waals surface area contributed by atoms with E-state index in [0.29, 0.717) is 6.10 Å². The van der Waals surface area contributed by atoms with Crippen LogP contribution in [0, 0.1) is 0 Å². The molecule has 1 amide bonds. The Morgan fingerprint density at radius 2 is 2.36 bits per heavy atom. The quantitative estimate of drug-likeness (QED) is 0.690. The number of amides is 1. The van der Waals surface area contributed by atoms with Gasteiger partial charge in [0.1, 0.15) is 0 Å². The summed E-state index contributed by atoms with van der Waals surface area (Å²) < 4.78 is 5.48. The minimum Gasteiger partial charge on any atom is -0.378 e. The molecule has 0 aromatic carbocycles. The summed E-state index contributed by atoms with van der Waals surface area (Å²) in [6.45, 7) is 4.54. The Balaban J connectivity index is 2.20. The zero-order chi connectivity index (χ0) is 10.6. The fourth-order valence-corrected chi connectivity index (χ4v) is 1.66. The fourth-order valence-electron chi connectivity index (χ4n) is 1.66. The number of hydrogen-bond donors (Lipinski definition) is 2. The van der Waals surface area contributed by atoms with Gasteiger partial charge in [0.05, 0.1) is 12.1 Å². The van der Waals surface area contributed by atoms with Gasteiger partial charge in [-0.25, -0.2) is 0 Å². The fraction of sp³-hybridized carbons (Fsp3) is 0.900. The third kappa shape index (κ3) is 3.64. The van der Waals surface area contributed by atoms with Crippen LogP contribution < -0.4 is 11.1 Å². The normalized spacial score (nSPS) is 25.8. The molecular weight excluding hydrogens is 180 g/mol. The maximum Gasteiger partial charge on any atom is 0.236 e. The van der Waals surface area contributed by atoms with Crippen LogP contribution in [-0.4, -0.2) is 30.7 Å². The van der Waals surface area contributed by atoms with E-state index in [0.717, 1.165) is 25.9 Å². The number of rotatable bonds is 4. The summed E-state index contributed by atoms with van der Waals surface area (Å²) in [4.78, 5) is 11.3. The van der Waals surface area contributed by atoms with Crippen molar-refractivity contribution in [2.24, 2.45) is 5.73 Å². The summed E-state index contributed by atoms with van der Waals surface area (Å²) in [5, 5.41) is 2.86. The monoisotopic (exact) mass is 200 g/mol. The maximum atomic E-state index is 11.3. The van der Waals surface area contributed by atoms with Gasteiger partial charge in [-0.3, -0.25) is 4.79 Å². The van der Waals surface area contributed by atoms with Gasteiger partial charge in [-0.15, -0.1) is 0 Å². The molecule has 0 bridgehead atoms. The molecule has 14 heavy (non-hydrogen) atoms. The van der Waals surface area contributed by atoms with Crippen molar-refractivity contribution < 1.29 is 9.53 Å². The van der Waals surface area contributed by atoms with Crippen LogP contribution in [0.3, 0.4) is 0 Å². The predicted octanol–water partition coefficient (Wildman–Crippen LogP) is 0.407. The van der Waals surface area contributed by atoms with Gasteiger partial charge in [-0.2, -0.15) is 0 Å². The molecule has 0 aromatic heterocycles. The van der Waals surface area contributed by atoms with Crippen LogP contribution in [0.1, 0.15) is 33.1 Å². The van der Waals surface area contributed by atoms with Crippen LogP contribution in [0.15, 0.2) is 0 Å². The first-order valence-corrected chi connectivity index (χ1v) is 5.27. The van der Waals surface area contributed by atoms with Crippen molar-refractivity contribution in [1.29, 1.82) is 0 Å². The molecule has 0 saturated carbocycles.